The van der Waals surface area contributed by atoms with Gasteiger partial charge in [0.05, 0.1) is 0 Å². The van der Waals surface area contributed by atoms with Crippen molar-refractivity contribution in [2.24, 2.45) is 5.92 Å². The summed E-state index contributed by atoms with van der Waals surface area (Å²) in [5, 5.41) is 11.7. The number of thioether (sulfide) groups is 1. The van der Waals surface area contributed by atoms with E-state index < -0.39 is 12.0 Å². The summed E-state index contributed by atoms with van der Waals surface area (Å²) in [6, 6.07) is 6.26. The molecule has 0 aromatic heterocycles. The smallest absolute Gasteiger partial charge is 0.327 e. The van der Waals surface area contributed by atoms with E-state index in [9.17, 15) is 19.5 Å². The monoisotopic (exact) mass is 368 g/mol. The average molecular weight is 368 g/mol. The zero-order chi connectivity index (χ0) is 17.9. The summed E-state index contributed by atoms with van der Waals surface area (Å²) in [5.74, 6) is -1.02. The third-order valence-corrected chi connectivity index (χ3v) is 5.62. The van der Waals surface area contributed by atoms with Gasteiger partial charge in [0.1, 0.15) is 11.4 Å². The number of nitrogens with zero attached hydrogens (tertiary/aromatic N) is 1. The molecule has 1 aromatic carbocycles. The average Bonchev–Trinajstić information content (AvgIpc) is 2.98. The number of carboxylic acid groups (broad SMARTS) is 1. The number of benzene rings is 1. The predicted molar refractivity (Wildman–Crippen MR) is 97.2 cm³/mol. The van der Waals surface area contributed by atoms with E-state index in [-0.39, 0.29) is 23.1 Å². The molecular weight excluding hydrogens is 348 g/mol. The number of nitrogens with one attached hydrogen (secondary N) is 1. The molecule has 130 valence electrons. The van der Waals surface area contributed by atoms with Crippen LogP contribution < -0.4 is 5.32 Å². The predicted octanol–water partition coefficient (Wildman–Crippen LogP) is 2.24. The normalized spacial score (nSPS) is 21.4. The van der Waals surface area contributed by atoms with Crippen LogP contribution in [0.5, 0.6) is 0 Å². The minimum Gasteiger partial charge on any atom is -0.480 e. The van der Waals surface area contributed by atoms with Gasteiger partial charge in [0.2, 0.25) is 11.8 Å². The second-order valence-corrected chi connectivity index (χ2v) is 7.15. The molecule has 1 unspecified atom stereocenters. The second kappa shape index (κ2) is 7.94. The van der Waals surface area contributed by atoms with Crippen LogP contribution >= 0.6 is 24.4 Å². The van der Waals surface area contributed by atoms with Crippen LogP contribution in [0.1, 0.15) is 24.8 Å². The Morgan fingerprint density at radius 2 is 2.00 bits per heavy atom. The molecule has 1 saturated heterocycles. The molecule has 1 aliphatic heterocycles. The summed E-state index contributed by atoms with van der Waals surface area (Å²) in [7, 11) is 0. The molecule has 3 atom stereocenters. The lowest BCUT2D eigenvalue weighted by Gasteiger charge is -2.29. The van der Waals surface area contributed by atoms with E-state index in [0.29, 0.717) is 17.2 Å². The maximum atomic E-state index is 12.6. The van der Waals surface area contributed by atoms with Crippen LogP contribution in [0.4, 0.5) is 5.69 Å². The van der Waals surface area contributed by atoms with Crippen LogP contribution in [0.2, 0.25) is 0 Å². The van der Waals surface area contributed by atoms with Gasteiger partial charge in [-0.15, -0.1) is 11.8 Å². The summed E-state index contributed by atoms with van der Waals surface area (Å²) in [4.78, 5) is 36.7. The first-order valence-corrected chi connectivity index (χ1v) is 9.18. The van der Waals surface area contributed by atoms with Crippen molar-refractivity contribution in [3.05, 3.63) is 29.8 Å². The SMILES string of the molecule is CC(=O)Nc1ccc(C2SC[C@@H](C(=O)O)N2C(=O)[C@H](C)CS)cc1. The number of thiol groups is 1. The Bertz CT molecular complexity index is 635. The van der Waals surface area contributed by atoms with E-state index in [1.165, 1.54) is 23.6 Å². The lowest BCUT2D eigenvalue weighted by molar-refractivity contribution is -0.150. The minimum absolute atomic E-state index is 0.164. The lowest BCUT2D eigenvalue weighted by atomic mass is 10.1. The number of anilines is 1. The highest BCUT2D eigenvalue weighted by atomic mass is 32.2. The molecular formula is C16H20N2O4S2. The van der Waals surface area contributed by atoms with Gasteiger partial charge in [-0.25, -0.2) is 4.79 Å². The Hall–Kier alpha value is -1.67. The summed E-state index contributed by atoms with van der Waals surface area (Å²) in [6.45, 7) is 3.17. The highest BCUT2D eigenvalue weighted by Crippen LogP contribution is 2.42. The Balaban J connectivity index is 2.28. The fourth-order valence-corrected chi connectivity index (χ4v) is 4.07. The van der Waals surface area contributed by atoms with Gasteiger partial charge >= 0.3 is 5.97 Å². The minimum atomic E-state index is -1.00. The standard InChI is InChI=1S/C16H20N2O4S2/c1-9(7-23)14(20)18-13(16(21)22)8-24-15(18)11-3-5-12(6-4-11)17-10(2)19/h3-6,9,13,15,23H,7-8H2,1-2H3,(H,17,19)(H,21,22)/t9-,13+,15?/m1/s1. The van der Waals surface area contributed by atoms with Crippen LogP contribution in [-0.2, 0) is 14.4 Å². The van der Waals surface area contributed by atoms with Crippen LogP contribution in [0.15, 0.2) is 24.3 Å². The number of hydrogen-bond donors (Lipinski definition) is 3. The van der Waals surface area contributed by atoms with Gasteiger partial charge in [0, 0.05) is 30.0 Å². The number of aliphatic carboxylic acids is 1. The molecule has 1 aromatic rings. The Morgan fingerprint density at radius 3 is 2.50 bits per heavy atom. The summed E-state index contributed by atoms with van der Waals surface area (Å²) in [5.41, 5.74) is 1.49. The van der Waals surface area contributed by atoms with Gasteiger partial charge in [0.25, 0.3) is 0 Å². The first-order chi connectivity index (χ1) is 11.3. The molecule has 0 radical (unpaired) electrons. The van der Waals surface area contributed by atoms with Crippen molar-refractivity contribution in [2.45, 2.75) is 25.3 Å². The van der Waals surface area contributed by atoms with Crippen molar-refractivity contribution in [3.63, 3.8) is 0 Å². The fraction of sp³-hybridized carbons (Fsp3) is 0.438. The van der Waals surface area contributed by atoms with E-state index >= 15 is 0 Å². The quantitative estimate of drug-likeness (QED) is 0.694. The molecule has 0 saturated carbocycles. The van der Waals surface area contributed by atoms with Crippen molar-refractivity contribution < 1.29 is 19.5 Å². The highest BCUT2D eigenvalue weighted by molar-refractivity contribution is 7.99. The number of carboxylic acids is 1. The zero-order valence-electron chi connectivity index (χ0n) is 13.4. The third-order valence-electron chi connectivity index (χ3n) is 3.75. The van der Waals surface area contributed by atoms with Crippen molar-refractivity contribution in [1.29, 1.82) is 0 Å². The molecule has 1 aliphatic rings. The zero-order valence-corrected chi connectivity index (χ0v) is 15.1. The van der Waals surface area contributed by atoms with E-state index in [2.05, 4.69) is 17.9 Å². The van der Waals surface area contributed by atoms with Gasteiger partial charge in [-0.1, -0.05) is 19.1 Å². The van der Waals surface area contributed by atoms with E-state index in [4.69, 9.17) is 0 Å². The Morgan fingerprint density at radius 1 is 1.38 bits per heavy atom. The summed E-state index contributed by atoms with van der Waals surface area (Å²) >= 11 is 5.58. The van der Waals surface area contributed by atoms with Crippen molar-refractivity contribution >= 4 is 47.9 Å². The summed E-state index contributed by atoms with van der Waals surface area (Å²) < 4.78 is 0. The number of hydrogen-bond acceptors (Lipinski definition) is 5. The van der Waals surface area contributed by atoms with Gasteiger partial charge in [-0.3, -0.25) is 9.59 Å². The molecule has 2 N–H and O–H groups in total. The number of amides is 2. The Kier molecular flexibility index (Phi) is 6.17. The maximum Gasteiger partial charge on any atom is 0.327 e. The Labute approximate surface area is 150 Å². The van der Waals surface area contributed by atoms with Crippen molar-refractivity contribution in [2.75, 3.05) is 16.8 Å². The second-order valence-electron chi connectivity index (χ2n) is 5.67. The van der Waals surface area contributed by atoms with Crippen LogP contribution in [0.3, 0.4) is 0 Å². The first-order valence-electron chi connectivity index (χ1n) is 7.50. The van der Waals surface area contributed by atoms with Crippen LogP contribution in [-0.4, -0.2) is 45.3 Å². The molecule has 24 heavy (non-hydrogen) atoms. The molecule has 6 nitrogen and oxygen atoms in total. The first kappa shape index (κ1) is 18.7. The van der Waals surface area contributed by atoms with Crippen LogP contribution in [0.25, 0.3) is 0 Å². The molecule has 2 amide bonds. The van der Waals surface area contributed by atoms with E-state index in [0.717, 1.165) is 5.56 Å². The molecule has 2 rings (SSSR count). The molecule has 1 heterocycles. The van der Waals surface area contributed by atoms with Crippen LogP contribution in [0, 0.1) is 5.92 Å². The molecule has 8 heteroatoms. The van der Waals surface area contributed by atoms with Gasteiger partial charge in [0.15, 0.2) is 0 Å². The molecule has 0 aliphatic carbocycles. The largest absolute Gasteiger partial charge is 0.480 e. The molecule has 0 spiro atoms. The van der Waals surface area contributed by atoms with Gasteiger partial charge in [-0.2, -0.15) is 12.6 Å². The molecule has 1 fully saturated rings. The van der Waals surface area contributed by atoms with Crippen molar-refractivity contribution in [3.8, 4) is 0 Å². The maximum absolute atomic E-state index is 12.6. The van der Waals surface area contributed by atoms with E-state index in [1.54, 1.807) is 31.2 Å². The third kappa shape index (κ3) is 4.05. The van der Waals surface area contributed by atoms with E-state index in [1.807, 2.05) is 0 Å². The topological polar surface area (TPSA) is 86.7 Å². The molecule has 0 bridgehead atoms. The van der Waals surface area contributed by atoms with Crippen molar-refractivity contribution in [1.82, 2.24) is 4.90 Å². The van der Waals surface area contributed by atoms with Gasteiger partial charge in [-0.05, 0) is 17.7 Å². The number of carbonyl (C=O) groups is 3. The number of rotatable bonds is 5. The number of carbonyl (C=O) groups excluding carboxylic acids is 2. The highest BCUT2D eigenvalue weighted by Gasteiger charge is 2.43. The summed E-state index contributed by atoms with van der Waals surface area (Å²) in [6.07, 6.45) is 0. The lowest BCUT2D eigenvalue weighted by Crippen LogP contribution is -2.45. The van der Waals surface area contributed by atoms with Gasteiger partial charge < -0.3 is 15.3 Å². The fourth-order valence-electron chi connectivity index (χ4n) is 2.49.